The third kappa shape index (κ3) is 3.41. The number of hydrogen-bond acceptors (Lipinski definition) is 6. The number of para-hydroxylation sites is 1. The first-order chi connectivity index (χ1) is 11.3. The highest BCUT2D eigenvalue weighted by molar-refractivity contribution is 6.05. The molecule has 120 valence electrons. The third-order valence-corrected chi connectivity index (χ3v) is 3.74. The molecule has 1 N–H and O–H groups in total. The molecule has 0 aliphatic rings. The van der Waals surface area contributed by atoms with Crippen molar-refractivity contribution in [1.29, 1.82) is 0 Å². The maximum atomic E-state index is 11.0. The van der Waals surface area contributed by atoms with E-state index >= 15 is 0 Å². The minimum absolute atomic E-state index is 0.155. The molecule has 1 aromatic carbocycles. The van der Waals surface area contributed by atoms with Crippen LogP contribution in [-0.4, -0.2) is 29.6 Å². The molecule has 0 aliphatic heterocycles. The summed E-state index contributed by atoms with van der Waals surface area (Å²) < 4.78 is 10.5. The molecule has 0 fully saturated rings. The van der Waals surface area contributed by atoms with Gasteiger partial charge in [-0.25, -0.2) is 9.97 Å². The molecule has 0 spiro atoms. The van der Waals surface area contributed by atoms with Crippen LogP contribution in [0.25, 0.3) is 22.1 Å². The van der Waals surface area contributed by atoms with E-state index < -0.39 is 0 Å². The quantitative estimate of drug-likeness (QED) is 0.531. The number of carbonyl (C=O) groups is 1. The molecular weight excluding hydrogens is 294 g/mol. The van der Waals surface area contributed by atoms with Crippen LogP contribution in [0.15, 0.2) is 35.0 Å². The molecule has 6 heteroatoms. The molecule has 0 aliphatic carbocycles. The maximum absolute atomic E-state index is 11.0. The monoisotopic (exact) mass is 313 g/mol. The van der Waals surface area contributed by atoms with Crippen molar-refractivity contribution < 1.29 is 13.9 Å². The highest BCUT2D eigenvalue weighted by Crippen LogP contribution is 2.30. The first kappa shape index (κ1) is 15.3. The van der Waals surface area contributed by atoms with Gasteiger partial charge in [0.1, 0.15) is 17.4 Å². The Balaban J connectivity index is 1.61. The number of nitrogens with zero attached hydrogens (tertiary/aromatic N) is 2. The number of benzene rings is 1. The lowest BCUT2D eigenvalue weighted by atomic mass is 10.2. The minimum atomic E-state index is -0.155. The number of rotatable bonds is 7. The summed E-state index contributed by atoms with van der Waals surface area (Å²) in [6, 6.07) is 7.82. The lowest BCUT2D eigenvalue weighted by Crippen LogP contribution is -2.05. The first-order valence-corrected chi connectivity index (χ1v) is 7.72. The van der Waals surface area contributed by atoms with Crippen LogP contribution in [0, 0.1) is 0 Å². The SMILES string of the molecule is COC(=O)CCCCCNc1ncnc2c1oc1ccccc12. The van der Waals surface area contributed by atoms with E-state index in [1.165, 1.54) is 7.11 Å². The molecule has 0 saturated carbocycles. The zero-order chi connectivity index (χ0) is 16.1. The van der Waals surface area contributed by atoms with Crippen LogP contribution in [0.4, 0.5) is 5.82 Å². The minimum Gasteiger partial charge on any atom is -0.469 e. The highest BCUT2D eigenvalue weighted by atomic mass is 16.5. The number of nitrogens with one attached hydrogen (secondary N) is 1. The van der Waals surface area contributed by atoms with E-state index in [1.54, 1.807) is 6.33 Å². The zero-order valence-corrected chi connectivity index (χ0v) is 13.0. The summed E-state index contributed by atoms with van der Waals surface area (Å²) in [5, 5.41) is 4.28. The van der Waals surface area contributed by atoms with Crippen molar-refractivity contribution in [3.63, 3.8) is 0 Å². The summed E-state index contributed by atoms with van der Waals surface area (Å²) in [6.07, 6.45) is 4.75. The van der Waals surface area contributed by atoms with Crippen LogP contribution in [0.1, 0.15) is 25.7 Å². The standard InChI is InChI=1S/C17H19N3O3/c1-22-14(21)9-3-2-6-10-18-17-16-15(19-11-20-17)12-7-4-5-8-13(12)23-16/h4-5,7-8,11H,2-3,6,9-10H2,1H3,(H,18,19,20). The zero-order valence-electron chi connectivity index (χ0n) is 13.0. The first-order valence-electron chi connectivity index (χ1n) is 7.72. The molecule has 3 rings (SSSR count). The van der Waals surface area contributed by atoms with E-state index in [4.69, 9.17) is 4.42 Å². The van der Waals surface area contributed by atoms with Crippen molar-refractivity contribution in [2.45, 2.75) is 25.7 Å². The number of ether oxygens (including phenoxy) is 1. The number of hydrogen-bond donors (Lipinski definition) is 1. The summed E-state index contributed by atoms with van der Waals surface area (Å²) >= 11 is 0. The molecule has 0 amide bonds. The van der Waals surface area contributed by atoms with Crippen molar-refractivity contribution >= 4 is 33.9 Å². The molecule has 6 nitrogen and oxygen atoms in total. The third-order valence-electron chi connectivity index (χ3n) is 3.74. The largest absolute Gasteiger partial charge is 0.469 e. The van der Waals surface area contributed by atoms with Crippen molar-refractivity contribution in [2.75, 3.05) is 19.0 Å². The molecule has 0 atom stereocenters. The molecule has 3 aromatic rings. The normalized spacial score (nSPS) is 11.0. The van der Waals surface area contributed by atoms with Crippen LogP contribution < -0.4 is 5.32 Å². The Hall–Kier alpha value is -2.63. The second kappa shape index (κ2) is 7.09. The molecule has 0 radical (unpaired) electrons. The molecular formula is C17H19N3O3. The van der Waals surface area contributed by atoms with Crippen LogP contribution in [-0.2, 0) is 9.53 Å². The Bertz CT molecular complexity index is 813. The van der Waals surface area contributed by atoms with Gasteiger partial charge in [0, 0.05) is 18.4 Å². The molecule has 0 unspecified atom stereocenters. The predicted octanol–water partition coefficient (Wildman–Crippen LogP) is 3.52. The summed E-state index contributed by atoms with van der Waals surface area (Å²) in [4.78, 5) is 19.6. The maximum Gasteiger partial charge on any atom is 0.305 e. The van der Waals surface area contributed by atoms with Gasteiger partial charge in [-0.05, 0) is 25.0 Å². The summed E-state index contributed by atoms with van der Waals surface area (Å²) in [6.45, 7) is 0.768. The lowest BCUT2D eigenvalue weighted by Gasteiger charge is -2.05. The fourth-order valence-electron chi connectivity index (χ4n) is 2.53. The average Bonchev–Trinajstić information content (AvgIpc) is 2.97. The smallest absolute Gasteiger partial charge is 0.305 e. The lowest BCUT2D eigenvalue weighted by molar-refractivity contribution is -0.140. The Morgan fingerprint density at radius 2 is 2.09 bits per heavy atom. The van der Waals surface area contributed by atoms with Gasteiger partial charge in [0.15, 0.2) is 11.4 Å². The van der Waals surface area contributed by atoms with Gasteiger partial charge in [-0.2, -0.15) is 0 Å². The van der Waals surface area contributed by atoms with Crippen LogP contribution in [0.3, 0.4) is 0 Å². The molecule has 2 aromatic heterocycles. The molecule has 2 heterocycles. The number of aromatic nitrogens is 2. The number of carbonyl (C=O) groups excluding carboxylic acids is 1. The van der Waals surface area contributed by atoms with E-state index in [-0.39, 0.29) is 5.97 Å². The number of methoxy groups -OCH3 is 1. The second-order valence-electron chi connectivity index (χ2n) is 5.31. The highest BCUT2D eigenvalue weighted by Gasteiger charge is 2.12. The number of furan rings is 1. The van der Waals surface area contributed by atoms with Gasteiger partial charge >= 0.3 is 5.97 Å². The Kier molecular flexibility index (Phi) is 4.71. The van der Waals surface area contributed by atoms with Gasteiger partial charge in [0.05, 0.1) is 7.11 Å². The average molecular weight is 313 g/mol. The van der Waals surface area contributed by atoms with Crippen LogP contribution >= 0.6 is 0 Å². The number of fused-ring (bicyclic) bond motifs is 3. The van der Waals surface area contributed by atoms with E-state index in [0.29, 0.717) is 17.8 Å². The number of esters is 1. The van der Waals surface area contributed by atoms with Crippen LogP contribution in [0.2, 0.25) is 0 Å². The molecule has 0 bridgehead atoms. The van der Waals surface area contributed by atoms with Gasteiger partial charge < -0.3 is 14.5 Å². The Morgan fingerprint density at radius 1 is 1.22 bits per heavy atom. The number of unbranched alkanes of at least 4 members (excludes halogenated alkanes) is 2. The fraction of sp³-hybridized carbons (Fsp3) is 0.353. The van der Waals surface area contributed by atoms with Gasteiger partial charge in [-0.15, -0.1) is 0 Å². The summed E-state index contributed by atoms with van der Waals surface area (Å²) in [5.74, 6) is 0.553. The number of anilines is 1. The van der Waals surface area contributed by atoms with Crippen molar-refractivity contribution in [1.82, 2.24) is 9.97 Å². The van der Waals surface area contributed by atoms with Gasteiger partial charge in [0.25, 0.3) is 0 Å². The van der Waals surface area contributed by atoms with Crippen molar-refractivity contribution in [2.24, 2.45) is 0 Å². The summed E-state index contributed by atoms with van der Waals surface area (Å²) in [5.41, 5.74) is 2.32. The van der Waals surface area contributed by atoms with Gasteiger partial charge in [-0.1, -0.05) is 18.6 Å². The fourth-order valence-corrected chi connectivity index (χ4v) is 2.53. The van der Waals surface area contributed by atoms with E-state index in [2.05, 4.69) is 20.0 Å². The van der Waals surface area contributed by atoms with E-state index in [0.717, 1.165) is 42.3 Å². The van der Waals surface area contributed by atoms with Crippen molar-refractivity contribution in [3.8, 4) is 0 Å². The summed E-state index contributed by atoms with van der Waals surface area (Å²) in [7, 11) is 1.41. The topological polar surface area (TPSA) is 77.2 Å². The Labute approximate surface area is 133 Å². The van der Waals surface area contributed by atoms with E-state index in [1.807, 2.05) is 24.3 Å². The molecule has 23 heavy (non-hydrogen) atoms. The molecule has 0 saturated heterocycles. The van der Waals surface area contributed by atoms with E-state index in [9.17, 15) is 4.79 Å². The van der Waals surface area contributed by atoms with Crippen molar-refractivity contribution in [3.05, 3.63) is 30.6 Å². The second-order valence-corrected chi connectivity index (χ2v) is 5.31. The Morgan fingerprint density at radius 3 is 2.96 bits per heavy atom. The van der Waals surface area contributed by atoms with Gasteiger partial charge in [-0.3, -0.25) is 4.79 Å². The van der Waals surface area contributed by atoms with Crippen LogP contribution in [0.5, 0.6) is 0 Å². The predicted molar refractivity (Wildman–Crippen MR) is 88.3 cm³/mol. The van der Waals surface area contributed by atoms with Gasteiger partial charge in [0.2, 0.25) is 0 Å².